The van der Waals surface area contributed by atoms with Gasteiger partial charge in [-0.25, -0.2) is 4.79 Å². The van der Waals surface area contributed by atoms with Gasteiger partial charge in [0.25, 0.3) is 11.8 Å². The number of hydrogen-bond donors (Lipinski definition) is 13. The third-order valence-electron chi connectivity index (χ3n) is 21.9. The van der Waals surface area contributed by atoms with Crippen molar-refractivity contribution in [2.45, 2.75) is 270 Å². The van der Waals surface area contributed by atoms with Crippen LogP contribution >= 0.6 is 0 Å². The second-order valence-electron chi connectivity index (χ2n) is 32.1. The summed E-state index contributed by atoms with van der Waals surface area (Å²) in [6.45, 7) is 17.5. The summed E-state index contributed by atoms with van der Waals surface area (Å²) in [4.78, 5) is 225. The zero-order valence-electron chi connectivity index (χ0n) is 74.1. The van der Waals surface area contributed by atoms with Crippen molar-refractivity contribution in [3.63, 3.8) is 0 Å². The molecule has 12 atom stereocenters. The minimum Gasteiger partial charge on any atom is -0.481 e. The van der Waals surface area contributed by atoms with Crippen molar-refractivity contribution in [3.8, 4) is 0 Å². The molecule has 1 aromatic carbocycles. The van der Waals surface area contributed by atoms with Gasteiger partial charge in [0.1, 0.15) is 29.7 Å². The summed E-state index contributed by atoms with van der Waals surface area (Å²) in [5.41, 5.74) is -0.879. The highest BCUT2D eigenvalue weighted by Gasteiger charge is 2.45. The Hall–Kier alpha value is -10.1. The number of rotatable bonds is 63. The summed E-state index contributed by atoms with van der Waals surface area (Å²) >= 11 is 0. The number of aliphatic carboxylic acids is 2. The Balaban J connectivity index is 1.46. The molecule has 13 N–H and O–H groups in total. The summed E-state index contributed by atoms with van der Waals surface area (Å²) in [5, 5.41) is 56.0. The second kappa shape index (κ2) is 57.4. The van der Waals surface area contributed by atoms with Crippen molar-refractivity contribution in [2.24, 2.45) is 17.8 Å². The van der Waals surface area contributed by atoms with Crippen molar-refractivity contribution >= 4 is 101 Å². The quantitative estimate of drug-likeness (QED) is 0.0326. The lowest BCUT2D eigenvalue weighted by Crippen LogP contribution is -2.62. The molecule has 2 aliphatic rings. The highest BCUT2D eigenvalue weighted by Crippen LogP contribution is 2.31. The molecule has 38 heteroatoms. The van der Waals surface area contributed by atoms with Crippen LogP contribution in [0.25, 0.3) is 0 Å². The van der Waals surface area contributed by atoms with Crippen LogP contribution in [-0.2, 0) is 100 Å². The normalized spacial score (nSPS) is 15.9. The number of carbonyl (C=O) groups excluding carboxylic acids is 15. The topological polar surface area (TPSA) is 521 Å². The molecular formula is C85H138N14O24. The standard InChI is InChI=1S/C85H138N14O24/c1-14-55(4)76(63(120-12)53-73(109)98-47-21-30-62(98)78(121-13)56(5)79(113)92-57(6)77(112)59-27-16-15-17-28-59)96(10)82(116)75(54(2)3)95-84(119)85(8,9)97(11)70(106)41-46-89-67(103)40-45-90-81(115)60(94-80(114)58(7)91-68(104)32-22-48-99-71(107)38-39-72(99)108)29-18-19-42-86-64(100)33-23-49-122-51-25-43-87-65(101)34-24-50-123-52-26-44-88-66(102)37-36-61(83(117)118)93-69(105)31-20-35-74(110)111/h15-17,27-28,38-39,54-58,60-63,75-78,112H,14,18-26,29-37,40-53H2,1-13H3,(H,86,100)(H,87,101)(H,88,102)(H,89,103)(H,90,115)(H,91,104)(H,92,113)(H,93,105)(H,94,114)(H,95,119)(H,110,111)(H,117,118)/t55?,56-,57-,58+,60+,61-,62+,63?,75+,76+,77?,78-/m1/s1. The van der Waals surface area contributed by atoms with Crippen LogP contribution < -0.4 is 53.2 Å². The van der Waals surface area contributed by atoms with Gasteiger partial charge in [-0.3, -0.25) is 81.6 Å². The number of amides is 15. The molecule has 123 heavy (non-hydrogen) atoms. The number of nitrogens with zero attached hydrogens (tertiary/aromatic N) is 4. The first kappa shape index (κ1) is 107. The molecule has 0 saturated carbocycles. The largest absolute Gasteiger partial charge is 0.481 e. The first-order chi connectivity index (χ1) is 58.3. The highest BCUT2D eigenvalue weighted by molar-refractivity contribution is 6.13. The second-order valence-corrected chi connectivity index (χ2v) is 32.1. The van der Waals surface area contributed by atoms with Gasteiger partial charge in [-0.2, -0.15) is 0 Å². The molecule has 2 aliphatic heterocycles. The number of unbranched alkanes of at least 4 members (excludes halogenated alkanes) is 1. The lowest BCUT2D eigenvalue weighted by Gasteiger charge is -2.41. The third-order valence-corrected chi connectivity index (χ3v) is 21.9. The zero-order valence-corrected chi connectivity index (χ0v) is 74.1. The summed E-state index contributed by atoms with van der Waals surface area (Å²) in [7, 11) is 6.01. The average Bonchev–Trinajstić information content (AvgIpc) is 1.76. The average molecular weight is 1740 g/mol. The van der Waals surface area contributed by atoms with E-state index in [9.17, 15) is 91.7 Å². The smallest absolute Gasteiger partial charge is 0.326 e. The number of likely N-dealkylation sites (tertiary alicyclic amines) is 1. The third kappa shape index (κ3) is 39.1. The maximum atomic E-state index is 14.8. The maximum absolute atomic E-state index is 14.8. The summed E-state index contributed by atoms with van der Waals surface area (Å²) in [6.07, 6.45) is 3.43. The number of aliphatic hydroxyl groups excluding tert-OH is 1. The van der Waals surface area contributed by atoms with E-state index in [1.165, 1.54) is 51.8 Å². The van der Waals surface area contributed by atoms with Crippen LogP contribution in [0.15, 0.2) is 42.5 Å². The van der Waals surface area contributed by atoms with Gasteiger partial charge >= 0.3 is 11.9 Å². The number of carboxylic acid groups (broad SMARTS) is 2. The van der Waals surface area contributed by atoms with Crippen LogP contribution in [0.3, 0.4) is 0 Å². The van der Waals surface area contributed by atoms with Crippen molar-refractivity contribution in [1.82, 2.24) is 72.8 Å². The zero-order chi connectivity index (χ0) is 91.9. The number of aliphatic hydroxyl groups is 1. The van der Waals surface area contributed by atoms with Gasteiger partial charge < -0.3 is 102 Å². The SMILES string of the molecule is CCC(C)[C@@H](C(CC(=O)N1CCC[C@H]1[C@H](OC)[C@@H](C)C(=O)N[C@H](C)C(O)c1ccccc1)OC)N(C)C(=O)[C@@H](NC(=O)C(C)(C)N(C)C(=O)CCNC(=O)CCNC(=O)[C@H](CCCCNC(=O)CCCOCCCNC(=O)CCCOCCCNC(=O)CC[C@@H](NC(=O)CCCC(=O)O)C(=O)O)NC(=O)[C@H](C)NC(=O)CCCN1C(=O)C=CC1=O)C(C)C. The molecule has 1 saturated heterocycles. The van der Waals surface area contributed by atoms with Gasteiger partial charge in [0.05, 0.1) is 48.8 Å². The van der Waals surface area contributed by atoms with E-state index in [4.69, 9.17) is 24.1 Å². The molecule has 3 rings (SSSR count). The molecule has 1 aromatic rings. The Morgan fingerprint density at radius 1 is 0.561 bits per heavy atom. The number of likely N-dealkylation sites (N-methyl/N-ethyl adjacent to an activating group) is 2. The van der Waals surface area contributed by atoms with Gasteiger partial charge in [0.2, 0.25) is 76.8 Å². The van der Waals surface area contributed by atoms with E-state index in [1.807, 2.05) is 19.9 Å². The lowest BCUT2D eigenvalue weighted by atomic mass is 9.89. The van der Waals surface area contributed by atoms with E-state index in [1.54, 1.807) is 63.9 Å². The fraction of sp³-hybridized carbons (Fsp3) is 0.706. The molecular weight excluding hydrogens is 1600 g/mol. The summed E-state index contributed by atoms with van der Waals surface area (Å²) in [6, 6.07) is 2.58. The molecule has 0 bridgehead atoms. The van der Waals surface area contributed by atoms with Gasteiger partial charge in [-0.15, -0.1) is 0 Å². The van der Waals surface area contributed by atoms with Crippen LogP contribution in [0.1, 0.15) is 215 Å². The number of imide groups is 1. The number of carbonyl (C=O) groups is 17. The molecule has 1 fully saturated rings. The summed E-state index contributed by atoms with van der Waals surface area (Å²) < 4.78 is 23.2. The van der Waals surface area contributed by atoms with Crippen LogP contribution in [0.2, 0.25) is 0 Å². The lowest BCUT2D eigenvalue weighted by molar-refractivity contribution is -0.149. The molecule has 0 spiro atoms. The molecule has 0 radical (unpaired) electrons. The number of methoxy groups -OCH3 is 2. The van der Waals surface area contributed by atoms with Gasteiger partial charge in [0.15, 0.2) is 0 Å². The van der Waals surface area contributed by atoms with Gasteiger partial charge in [0, 0.05) is 164 Å². The van der Waals surface area contributed by atoms with E-state index < -0.39 is 155 Å². The number of carboxylic acids is 2. The number of ether oxygens (including phenoxy) is 4. The van der Waals surface area contributed by atoms with Crippen molar-refractivity contribution in [3.05, 3.63) is 48.0 Å². The molecule has 0 aromatic heterocycles. The number of hydrogen-bond acceptors (Lipinski definition) is 22. The molecule has 3 unspecified atom stereocenters. The molecule has 692 valence electrons. The monoisotopic (exact) mass is 1740 g/mol. The minimum absolute atomic E-state index is 0.0138. The number of nitrogens with one attached hydrogen (secondary N) is 10. The van der Waals surface area contributed by atoms with Gasteiger partial charge in [-0.1, -0.05) is 71.4 Å². The minimum atomic E-state index is -1.53. The maximum Gasteiger partial charge on any atom is 0.326 e. The Kier molecular flexibility index (Phi) is 50.0. The van der Waals surface area contributed by atoms with E-state index in [2.05, 4.69) is 53.2 Å². The van der Waals surface area contributed by atoms with Crippen LogP contribution in [0, 0.1) is 17.8 Å². The van der Waals surface area contributed by atoms with Gasteiger partial charge in [-0.05, 0) is 122 Å². The Bertz CT molecular complexity index is 3630. The molecule has 15 amide bonds. The van der Waals surface area contributed by atoms with Crippen LogP contribution in [-0.4, -0.2) is 296 Å². The predicted molar refractivity (Wildman–Crippen MR) is 451 cm³/mol. The van der Waals surface area contributed by atoms with Crippen LogP contribution in [0.4, 0.5) is 0 Å². The van der Waals surface area contributed by atoms with Crippen molar-refractivity contribution in [1.29, 1.82) is 0 Å². The Labute approximate surface area is 722 Å². The first-order valence-electron chi connectivity index (χ1n) is 42.9. The van der Waals surface area contributed by atoms with E-state index in [0.717, 1.165) is 17.1 Å². The van der Waals surface area contributed by atoms with E-state index in [0.29, 0.717) is 96.3 Å². The fourth-order valence-electron chi connectivity index (χ4n) is 14.0. The highest BCUT2D eigenvalue weighted by atomic mass is 16.5. The summed E-state index contributed by atoms with van der Waals surface area (Å²) in [5.74, 6) is -10.9. The molecule has 38 nitrogen and oxygen atoms in total. The van der Waals surface area contributed by atoms with E-state index >= 15 is 0 Å². The molecule has 0 aliphatic carbocycles. The fourth-order valence-corrected chi connectivity index (χ4v) is 14.0. The van der Waals surface area contributed by atoms with Crippen LogP contribution in [0.5, 0.6) is 0 Å². The predicted octanol–water partition coefficient (Wildman–Crippen LogP) is 1.73. The number of benzene rings is 1. The van der Waals surface area contributed by atoms with Crippen molar-refractivity contribution in [2.75, 3.05) is 101 Å². The Morgan fingerprint density at radius 2 is 1.11 bits per heavy atom. The molecule has 2 heterocycles. The Morgan fingerprint density at radius 3 is 1.67 bits per heavy atom. The van der Waals surface area contributed by atoms with Crippen molar-refractivity contribution < 1.29 is 116 Å². The van der Waals surface area contributed by atoms with E-state index in [-0.39, 0.29) is 152 Å². The first-order valence-corrected chi connectivity index (χ1v) is 42.9.